The van der Waals surface area contributed by atoms with Crippen LogP contribution >= 0.6 is 11.3 Å². The second-order valence-electron chi connectivity index (χ2n) is 10.7. The number of hydrogen-bond acceptors (Lipinski definition) is 7. The number of aromatic nitrogens is 2. The maximum Gasteiger partial charge on any atom is 0.306 e. The van der Waals surface area contributed by atoms with Crippen LogP contribution in [-0.4, -0.2) is 32.8 Å². The SMILES string of the molecule is CC(C)(C)OC(=O)CC1CCC(c2ccc(C(=O)Nc3nnc(CC(O)c4ccccc4)s3)cc2)CC1. The van der Waals surface area contributed by atoms with Gasteiger partial charge in [-0.25, -0.2) is 0 Å². The van der Waals surface area contributed by atoms with Crippen LogP contribution in [0.25, 0.3) is 0 Å². The molecule has 1 heterocycles. The number of aliphatic hydroxyl groups is 1. The van der Waals surface area contributed by atoms with Crippen molar-refractivity contribution in [2.75, 3.05) is 5.32 Å². The van der Waals surface area contributed by atoms with Gasteiger partial charge in [-0.3, -0.25) is 14.9 Å². The molecule has 0 aliphatic heterocycles. The number of nitrogens with one attached hydrogen (secondary N) is 1. The van der Waals surface area contributed by atoms with Crippen LogP contribution in [-0.2, 0) is 16.0 Å². The molecular weight excluding hydrogens is 486 g/mol. The number of hydrogen-bond donors (Lipinski definition) is 2. The van der Waals surface area contributed by atoms with Gasteiger partial charge in [-0.1, -0.05) is 53.8 Å². The standard InChI is InChI=1S/C29H35N3O4S/c1-29(2,3)36-26(34)17-19-9-11-20(12-10-19)21-13-15-23(16-14-21)27(35)30-28-32-31-25(37-28)18-24(33)22-7-5-4-6-8-22/h4-8,13-16,19-20,24,33H,9-12,17-18H2,1-3H3,(H,30,32,35). The van der Waals surface area contributed by atoms with Crippen LogP contribution in [0.1, 0.15) is 91.4 Å². The molecule has 1 aliphatic carbocycles. The van der Waals surface area contributed by atoms with Crippen LogP contribution in [0, 0.1) is 5.92 Å². The molecule has 1 atom stereocenters. The van der Waals surface area contributed by atoms with Crippen LogP contribution in [0.4, 0.5) is 5.13 Å². The third-order valence-corrected chi connectivity index (χ3v) is 7.47. The van der Waals surface area contributed by atoms with Crippen LogP contribution in [0.2, 0.25) is 0 Å². The fraction of sp³-hybridized carbons (Fsp3) is 0.448. The fourth-order valence-corrected chi connectivity index (χ4v) is 5.51. The topological polar surface area (TPSA) is 101 Å². The molecule has 4 rings (SSSR count). The molecule has 1 saturated carbocycles. The monoisotopic (exact) mass is 521 g/mol. The van der Waals surface area contributed by atoms with Gasteiger partial charge in [0.1, 0.15) is 10.6 Å². The first-order valence-electron chi connectivity index (χ1n) is 12.8. The number of ether oxygens (including phenoxy) is 1. The van der Waals surface area contributed by atoms with E-state index in [4.69, 9.17) is 4.74 Å². The lowest BCUT2D eigenvalue weighted by Gasteiger charge is -2.29. The normalized spacial score (nSPS) is 18.7. The summed E-state index contributed by atoms with van der Waals surface area (Å²) in [6.45, 7) is 5.69. The summed E-state index contributed by atoms with van der Waals surface area (Å²) < 4.78 is 5.47. The van der Waals surface area contributed by atoms with Gasteiger partial charge in [-0.15, -0.1) is 10.2 Å². The van der Waals surface area contributed by atoms with Gasteiger partial charge in [0.15, 0.2) is 0 Å². The first kappa shape index (κ1) is 26.9. The maximum absolute atomic E-state index is 12.7. The molecule has 0 spiro atoms. The minimum atomic E-state index is -0.669. The molecule has 8 heteroatoms. The van der Waals surface area contributed by atoms with Gasteiger partial charge in [0.2, 0.25) is 5.13 Å². The number of esters is 1. The summed E-state index contributed by atoms with van der Waals surface area (Å²) in [5, 5.41) is 22.4. The number of anilines is 1. The number of rotatable bonds is 8. The van der Waals surface area contributed by atoms with Gasteiger partial charge < -0.3 is 9.84 Å². The smallest absolute Gasteiger partial charge is 0.306 e. The second kappa shape index (κ2) is 12.0. The van der Waals surface area contributed by atoms with Gasteiger partial charge in [0.25, 0.3) is 5.91 Å². The van der Waals surface area contributed by atoms with Crippen molar-refractivity contribution in [2.24, 2.45) is 5.92 Å². The van der Waals surface area contributed by atoms with Crippen molar-refractivity contribution in [1.82, 2.24) is 10.2 Å². The molecule has 1 aromatic heterocycles. The summed E-state index contributed by atoms with van der Waals surface area (Å²) in [7, 11) is 0. The summed E-state index contributed by atoms with van der Waals surface area (Å²) in [5.74, 6) is 0.468. The molecule has 1 amide bonds. The highest BCUT2D eigenvalue weighted by molar-refractivity contribution is 7.15. The molecule has 0 radical (unpaired) electrons. The summed E-state index contributed by atoms with van der Waals surface area (Å²) in [5.41, 5.74) is 2.16. The Morgan fingerprint density at radius 2 is 1.70 bits per heavy atom. The quantitative estimate of drug-likeness (QED) is 0.349. The summed E-state index contributed by atoms with van der Waals surface area (Å²) >= 11 is 1.26. The Balaban J connectivity index is 1.25. The molecule has 2 aromatic carbocycles. The molecule has 2 N–H and O–H groups in total. The van der Waals surface area contributed by atoms with E-state index in [1.807, 2.05) is 75.4 Å². The zero-order valence-corrected chi connectivity index (χ0v) is 22.5. The van der Waals surface area contributed by atoms with Gasteiger partial charge in [-0.2, -0.15) is 0 Å². The molecule has 1 unspecified atom stereocenters. The van der Waals surface area contributed by atoms with Crippen LogP contribution in [0.15, 0.2) is 54.6 Å². The van der Waals surface area contributed by atoms with E-state index < -0.39 is 11.7 Å². The molecule has 0 bridgehead atoms. The number of amides is 1. The molecule has 196 valence electrons. The Morgan fingerprint density at radius 1 is 1.03 bits per heavy atom. The first-order chi connectivity index (χ1) is 17.7. The van der Waals surface area contributed by atoms with E-state index in [0.29, 0.717) is 40.4 Å². The zero-order chi connectivity index (χ0) is 26.4. The minimum absolute atomic E-state index is 0.110. The van der Waals surface area contributed by atoms with E-state index in [2.05, 4.69) is 15.5 Å². The second-order valence-corrected chi connectivity index (χ2v) is 11.8. The summed E-state index contributed by atoms with van der Waals surface area (Å²) in [6.07, 6.45) is 4.23. The Kier molecular flexibility index (Phi) is 8.71. The van der Waals surface area contributed by atoms with Crippen molar-refractivity contribution in [2.45, 2.75) is 76.9 Å². The van der Waals surface area contributed by atoms with Crippen molar-refractivity contribution in [3.8, 4) is 0 Å². The van der Waals surface area contributed by atoms with E-state index in [1.165, 1.54) is 16.9 Å². The molecule has 37 heavy (non-hydrogen) atoms. The first-order valence-corrected chi connectivity index (χ1v) is 13.7. The highest BCUT2D eigenvalue weighted by atomic mass is 32.1. The number of carbonyl (C=O) groups excluding carboxylic acids is 2. The van der Waals surface area contributed by atoms with Gasteiger partial charge in [-0.05, 0) is 81.5 Å². The van der Waals surface area contributed by atoms with E-state index in [0.717, 1.165) is 31.2 Å². The molecule has 7 nitrogen and oxygen atoms in total. The lowest BCUT2D eigenvalue weighted by Crippen LogP contribution is -2.26. The van der Waals surface area contributed by atoms with E-state index >= 15 is 0 Å². The molecule has 1 fully saturated rings. The predicted octanol–water partition coefficient (Wildman–Crippen LogP) is 6.07. The fourth-order valence-electron chi connectivity index (χ4n) is 4.74. The molecule has 0 saturated heterocycles. The van der Waals surface area contributed by atoms with Crippen molar-refractivity contribution in [3.63, 3.8) is 0 Å². The lowest BCUT2D eigenvalue weighted by atomic mass is 9.77. The van der Waals surface area contributed by atoms with E-state index in [9.17, 15) is 14.7 Å². The molecule has 3 aromatic rings. The van der Waals surface area contributed by atoms with Gasteiger partial charge in [0, 0.05) is 18.4 Å². The Bertz CT molecular complexity index is 1180. The average molecular weight is 522 g/mol. The van der Waals surface area contributed by atoms with Gasteiger partial charge >= 0.3 is 5.97 Å². The summed E-state index contributed by atoms with van der Waals surface area (Å²) in [6, 6.07) is 17.1. The average Bonchev–Trinajstić information content (AvgIpc) is 3.30. The summed E-state index contributed by atoms with van der Waals surface area (Å²) in [4.78, 5) is 24.9. The Morgan fingerprint density at radius 3 is 2.35 bits per heavy atom. The Hall–Kier alpha value is -3.10. The van der Waals surface area contributed by atoms with Crippen molar-refractivity contribution >= 4 is 28.3 Å². The predicted molar refractivity (Wildman–Crippen MR) is 145 cm³/mol. The number of nitrogens with zero attached hydrogens (tertiary/aromatic N) is 2. The Labute approximate surface area is 222 Å². The van der Waals surface area contributed by atoms with E-state index in [-0.39, 0.29) is 11.9 Å². The minimum Gasteiger partial charge on any atom is -0.460 e. The van der Waals surface area contributed by atoms with Crippen LogP contribution < -0.4 is 5.32 Å². The van der Waals surface area contributed by atoms with Crippen molar-refractivity contribution < 1.29 is 19.4 Å². The van der Waals surface area contributed by atoms with E-state index in [1.54, 1.807) is 0 Å². The number of carbonyl (C=O) groups is 2. The highest BCUT2D eigenvalue weighted by Crippen LogP contribution is 2.37. The van der Waals surface area contributed by atoms with Gasteiger partial charge in [0.05, 0.1) is 6.10 Å². The van der Waals surface area contributed by atoms with Crippen molar-refractivity contribution in [1.29, 1.82) is 0 Å². The third-order valence-electron chi connectivity index (χ3n) is 6.61. The molecular formula is C29H35N3O4S. The largest absolute Gasteiger partial charge is 0.460 e. The molecule has 1 aliphatic rings. The third kappa shape index (κ3) is 7.94. The van der Waals surface area contributed by atoms with Crippen LogP contribution in [0.5, 0.6) is 0 Å². The number of benzene rings is 2. The number of aliphatic hydroxyl groups excluding tert-OH is 1. The zero-order valence-electron chi connectivity index (χ0n) is 21.6. The van der Waals surface area contributed by atoms with Crippen LogP contribution in [0.3, 0.4) is 0 Å². The van der Waals surface area contributed by atoms with Crippen molar-refractivity contribution in [3.05, 3.63) is 76.3 Å². The highest BCUT2D eigenvalue weighted by Gasteiger charge is 2.26. The maximum atomic E-state index is 12.7. The lowest BCUT2D eigenvalue weighted by molar-refractivity contribution is -0.156.